The highest BCUT2D eigenvalue weighted by Gasteiger charge is 2.36. The van der Waals surface area contributed by atoms with Crippen LogP contribution in [0.5, 0.6) is 0 Å². The Hall–Kier alpha value is -1.82. The van der Waals surface area contributed by atoms with Gasteiger partial charge < -0.3 is 14.7 Å². The summed E-state index contributed by atoms with van der Waals surface area (Å²) in [6, 6.07) is 3.68. The lowest BCUT2D eigenvalue weighted by Gasteiger charge is -2.37. The molecule has 1 aliphatic heterocycles. The Balaban J connectivity index is 2.33. The zero-order valence-corrected chi connectivity index (χ0v) is 12.1. The van der Waals surface area contributed by atoms with Crippen molar-refractivity contribution in [2.75, 3.05) is 13.7 Å². The number of hydrogen-bond donors (Lipinski definition) is 1. The van der Waals surface area contributed by atoms with Crippen LogP contribution in [0, 0.1) is 11.7 Å². The van der Waals surface area contributed by atoms with Crippen molar-refractivity contribution in [3.05, 3.63) is 34.6 Å². The number of amides is 1. The smallest absolute Gasteiger partial charge is 0.409 e. The first-order valence-electron chi connectivity index (χ1n) is 6.46. The maximum absolute atomic E-state index is 13.6. The molecule has 1 amide bonds. The molecule has 1 aliphatic rings. The van der Waals surface area contributed by atoms with Gasteiger partial charge >= 0.3 is 12.1 Å². The Morgan fingerprint density at radius 2 is 2.19 bits per heavy atom. The van der Waals surface area contributed by atoms with Gasteiger partial charge in [0.15, 0.2) is 0 Å². The predicted octanol–water partition coefficient (Wildman–Crippen LogP) is 3.08. The number of carbonyl (C=O) groups is 2. The second-order valence-corrected chi connectivity index (χ2v) is 5.32. The van der Waals surface area contributed by atoms with E-state index in [2.05, 4.69) is 0 Å². The molecule has 0 aromatic heterocycles. The van der Waals surface area contributed by atoms with Gasteiger partial charge in [-0.3, -0.25) is 4.79 Å². The van der Waals surface area contributed by atoms with Crippen LogP contribution >= 0.6 is 11.6 Å². The summed E-state index contributed by atoms with van der Waals surface area (Å²) in [7, 11) is 1.26. The van der Waals surface area contributed by atoms with Gasteiger partial charge in [-0.05, 0) is 30.5 Å². The minimum Gasteiger partial charge on any atom is -0.481 e. The molecule has 5 nitrogen and oxygen atoms in total. The number of rotatable bonds is 2. The third-order valence-electron chi connectivity index (χ3n) is 3.69. The topological polar surface area (TPSA) is 66.8 Å². The summed E-state index contributed by atoms with van der Waals surface area (Å²) in [6.07, 6.45) is 0.00175. The molecule has 2 unspecified atom stereocenters. The number of hydrogen-bond acceptors (Lipinski definition) is 3. The highest BCUT2D eigenvalue weighted by molar-refractivity contribution is 6.30. The van der Waals surface area contributed by atoms with Crippen molar-refractivity contribution in [3.63, 3.8) is 0 Å². The van der Waals surface area contributed by atoms with Crippen LogP contribution in [0.1, 0.15) is 24.4 Å². The van der Waals surface area contributed by atoms with Crippen LogP contribution in [-0.2, 0) is 9.53 Å². The summed E-state index contributed by atoms with van der Waals surface area (Å²) in [6.45, 7) is 0.249. The zero-order chi connectivity index (χ0) is 15.6. The average molecular weight is 316 g/mol. The number of nitrogens with zero attached hydrogens (tertiary/aromatic N) is 1. The number of halogens is 2. The molecule has 1 heterocycles. The number of ether oxygens (including phenoxy) is 1. The SMILES string of the molecule is COC(=O)N1CCC(C(=O)O)CC1c1ccc(Cl)c(F)c1. The normalized spacial score (nSPS) is 22.0. The van der Waals surface area contributed by atoms with E-state index in [1.807, 2.05) is 0 Å². The minimum absolute atomic E-state index is 0.0195. The highest BCUT2D eigenvalue weighted by Crippen LogP contribution is 2.35. The van der Waals surface area contributed by atoms with Crippen LogP contribution in [0.3, 0.4) is 0 Å². The van der Waals surface area contributed by atoms with Crippen LogP contribution in [0.4, 0.5) is 9.18 Å². The van der Waals surface area contributed by atoms with E-state index in [0.717, 1.165) is 0 Å². The van der Waals surface area contributed by atoms with Gasteiger partial charge in [-0.15, -0.1) is 0 Å². The molecule has 2 rings (SSSR count). The largest absolute Gasteiger partial charge is 0.481 e. The molecule has 0 saturated carbocycles. The molecule has 1 aromatic rings. The number of carboxylic acids is 1. The van der Waals surface area contributed by atoms with Crippen molar-refractivity contribution in [2.45, 2.75) is 18.9 Å². The van der Waals surface area contributed by atoms with Gasteiger partial charge in [-0.25, -0.2) is 9.18 Å². The molecule has 1 N–H and O–H groups in total. The maximum atomic E-state index is 13.6. The summed E-state index contributed by atoms with van der Waals surface area (Å²) in [5, 5.41) is 9.13. The van der Waals surface area contributed by atoms with E-state index in [4.69, 9.17) is 21.4 Å². The highest BCUT2D eigenvalue weighted by atomic mass is 35.5. The Bertz CT molecular complexity index is 566. The Morgan fingerprint density at radius 1 is 1.48 bits per heavy atom. The Morgan fingerprint density at radius 3 is 2.76 bits per heavy atom. The Kier molecular flexibility index (Phi) is 4.67. The van der Waals surface area contributed by atoms with Crippen LogP contribution in [0.15, 0.2) is 18.2 Å². The molecule has 0 bridgehead atoms. The van der Waals surface area contributed by atoms with Crippen molar-refractivity contribution in [1.82, 2.24) is 4.90 Å². The molecule has 1 saturated heterocycles. The van der Waals surface area contributed by atoms with Gasteiger partial charge in [0.05, 0.1) is 24.1 Å². The predicted molar refractivity (Wildman–Crippen MR) is 73.6 cm³/mol. The molecular formula is C14H15ClFNO4. The lowest BCUT2D eigenvalue weighted by Crippen LogP contribution is -2.42. The fraction of sp³-hybridized carbons (Fsp3) is 0.429. The van der Waals surface area contributed by atoms with Crippen LogP contribution in [0.25, 0.3) is 0 Å². The van der Waals surface area contributed by atoms with Gasteiger partial charge in [0, 0.05) is 6.54 Å². The first kappa shape index (κ1) is 15.6. The number of likely N-dealkylation sites (tertiary alicyclic amines) is 1. The van der Waals surface area contributed by atoms with Crippen LogP contribution in [0.2, 0.25) is 5.02 Å². The van der Waals surface area contributed by atoms with Crippen molar-refractivity contribution in [2.24, 2.45) is 5.92 Å². The molecule has 1 aromatic carbocycles. The molecule has 7 heteroatoms. The lowest BCUT2D eigenvalue weighted by atomic mass is 9.87. The second kappa shape index (κ2) is 6.30. The van der Waals surface area contributed by atoms with E-state index in [9.17, 15) is 14.0 Å². The quantitative estimate of drug-likeness (QED) is 0.910. The standard InChI is InChI=1S/C14H15ClFNO4/c1-21-14(20)17-5-4-9(13(18)19)7-12(17)8-2-3-10(15)11(16)6-8/h2-3,6,9,12H,4-5,7H2,1H3,(H,18,19). The fourth-order valence-corrected chi connectivity index (χ4v) is 2.68. The monoisotopic (exact) mass is 315 g/mol. The number of methoxy groups -OCH3 is 1. The fourth-order valence-electron chi connectivity index (χ4n) is 2.56. The molecule has 0 aliphatic carbocycles. The zero-order valence-electron chi connectivity index (χ0n) is 11.4. The average Bonchev–Trinajstić information content (AvgIpc) is 2.48. The van der Waals surface area contributed by atoms with Crippen molar-refractivity contribution < 1.29 is 23.8 Å². The number of benzene rings is 1. The van der Waals surface area contributed by atoms with E-state index in [1.54, 1.807) is 6.07 Å². The van der Waals surface area contributed by atoms with Gasteiger partial charge in [-0.2, -0.15) is 0 Å². The number of piperidine rings is 1. The summed E-state index contributed by atoms with van der Waals surface area (Å²) in [5.74, 6) is -2.09. The molecular weight excluding hydrogens is 301 g/mol. The van der Waals surface area contributed by atoms with Crippen molar-refractivity contribution in [1.29, 1.82) is 0 Å². The van der Waals surface area contributed by atoms with Gasteiger partial charge in [0.25, 0.3) is 0 Å². The first-order chi connectivity index (χ1) is 9.93. The maximum Gasteiger partial charge on any atom is 0.409 e. The second-order valence-electron chi connectivity index (χ2n) is 4.91. The molecule has 21 heavy (non-hydrogen) atoms. The number of carbonyl (C=O) groups excluding carboxylic acids is 1. The van der Waals surface area contributed by atoms with Crippen LogP contribution < -0.4 is 0 Å². The Labute approximate surface area is 126 Å². The summed E-state index contributed by atoms with van der Waals surface area (Å²) < 4.78 is 18.3. The van der Waals surface area contributed by atoms with E-state index in [1.165, 1.54) is 24.1 Å². The van der Waals surface area contributed by atoms with Crippen molar-refractivity contribution in [3.8, 4) is 0 Å². The third-order valence-corrected chi connectivity index (χ3v) is 4.00. The molecule has 0 spiro atoms. The van der Waals surface area contributed by atoms with Gasteiger partial charge in [-0.1, -0.05) is 17.7 Å². The summed E-state index contributed by atoms with van der Waals surface area (Å²) >= 11 is 5.65. The molecule has 114 valence electrons. The van der Waals surface area contributed by atoms with Crippen molar-refractivity contribution >= 4 is 23.7 Å². The van der Waals surface area contributed by atoms with Gasteiger partial charge in [0.1, 0.15) is 5.82 Å². The molecule has 2 atom stereocenters. The third kappa shape index (κ3) is 3.26. The lowest BCUT2D eigenvalue weighted by molar-refractivity contribution is -0.144. The van der Waals surface area contributed by atoms with E-state index in [-0.39, 0.29) is 18.0 Å². The molecule has 0 radical (unpaired) electrons. The first-order valence-corrected chi connectivity index (χ1v) is 6.84. The summed E-state index contributed by atoms with van der Waals surface area (Å²) in [4.78, 5) is 24.4. The number of aliphatic carboxylic acids is 1. The number of carboxylic acid groups (broad SMARTS) is 1. The minimum atomic E-state index is -0.918. The summed E-state index contributed by atoms with van der Waals surface area (Å²) in [5.41, 5.74) is 0.508. The van der Waals surface area contributed by atoms with Gasteiger partial charge in [0.2, 0.25) is 0 Å². The van der Waals surface area contributed by atoms with Crippen LogP contribution in [-0.4, -0.2) is 35.7 Å². The van der Waals surface area contributed by atoms with E-state index < -0.39 is 29.8 Å². The molecule has 1 fully saturated rings. The van der Waals surface area contributed by atoms with E-state index >= 15 is 0 Å². The van der Waals surface area contributed by atoms with E-state index in [0.29, 0.717) is 12.0 Å².